The minimum atomic E-state index is -0.874. The highest BCUT2D eigenvalue weighted by Crippen LogP contribution is 2.61. The molecule has 5 aliphatic carbocycles. The number of hydrogen-bond donors (Lipinski definition) is 1. The summed E-state index contributed by atoms with van der Waals surface area (Å²) >= 11 is 0. The van der Waals surface area contributed by atoms with Gasteiger partial charge in [0.15, 0.2) is 0 Å². The fraction of sp³-hybridized carbons (Fsp3) is 0.577. The fourth-order valence-corrected chi connectivity index (χ4v) is 7.19. The Bertz CT molecular complexity index is 808. The average molecular weight is 377 g/mol. The van der Waals surface area contributed by atoms with E-state index in [0.29, 0.717) is 11.3 Å². The van der Waals surface area contributed by atoms with E-state index in [0.717, 1.165) is 29.7 Å². The molecular weight excluding hydrogens is 344 g/mol. The molecule has 0 unspecified atom stereocenters. The van der Waals surface area contributed by atoms with Gasteiger partial charge in [-0.25, -0.2) is 4.79 Å². The van der Waals surface area contributed by atoms with Crippen LogP contribution in [-0.2, 0) is 15.6 Å². The van der Waals surface area contributed by atoms with Crippen molar-refractivity contribution in [3.05, 3.63) is 59.2 Å². The Morgan fingerprint density at radius 1 is 0.964 bits per heavy atom. The molecule has 5 fully saturated rings. The third-order valence-electron chi connectivity index (χ3n) is 8.44. The van der Waals surface area contributed by atoms with Crippen LogP contribution in [0.1, 0.15) is 69.9 Å². The van der Waals surface area contributed by atoms with Crippen LogP contribution in [0.25, 0.3) is 0 Å². The Balaban J connectivity index is 1.31. The summed E-state index contributed by atoms with van der Waals surface area (Å²) in [6.07, 6.45) is 15.4. The zero-order valence-corrected chi connectivity index (χ0v) is 17.2. The molecule has 0 saturated heterocycles. The van der Waals surface area contributed by atoms with Gasteiger partial charge in [-0.3, -0.25) is 0 Å². The average Bonchev–Trinajstić information content (AvgIpc) is 3.30. The van der Waals surface area contributed by atoms with Crippen LogP contribution >= 0.6 is 0 Å². The Morgan fingerprint density at radius 2 is 1.50 bits per heavy atom. The van der Waals surface area contributed by atoms with Gasteiger partial charge in [0.25, 0.3) is 0 Å². The smallest absolute Gasteiger partial charge is 0.328 e. The molecule has 1 aromatic carbocycles. The molecule has 2 nitrogen and oxygen atoms in total. The number of carboxylic acid groups (broad SMARTS) is 1. The summed E-state index contributed by atoms with van der Waals surface area (Å²) in [5, 5.41) is 8.85. The zero-order chi connectivity index (χ0) is 19.5. The first-order valence-corrected chi connectivity index (χ1v) is 11.1. The van der Waals surface area contributed by atoms with Gasteiger partial charge in [0.2, 0.25) is 0 Å². The van der Waals surface area contributed by atoms with Crippen molar-refractivity contribution >= 4 is 5.97 Å². The molecule has 148 valence electrons. The van der Waals surface area contributed by atoms with Crippen LogP contribution in [0.15, 0.2) is 48.1 Å². The number of hydrogen-bond acceptors (Lipinski definition) is 1. The highest BCUT2D eigenvalue weighted by molar-refractivity contribution is 5.81. The summed E-state index contributed by atoms with van der Waals surface area (Å²) in [5.41, 5.74) is 4.54. The number of carbonyl (C=O) groups is 1. The molecule has 5 saturated carbocycles. The molecule has 2 atom stereocenters. The van der Waals surface area contributed by atoms with E-state index in [1.54, 1.807) is 5.56 Å². The molecule has 4 bridgehead atoms. The molecule has 5 aliphatic rings. The lowest BCUT2D eigenvalue weighted by Gasteiger charge is -2.57. The second-order valence-corrected chi connectivity index (χ2v) is 10.6. The largest absolute Gasteiger partial charge is 0.478 e. The lowest BCUT2D eigenvalue weighted by atomic mass is 9.48. The fourth-order valence-electron chi connectivity index (χ4n) is 7.19. The third kappa shape index (κ3) is 3.06. The van der Waals surface area contributed by atoms with Crippen LogP contribution < -0.4 is 0 Å². The highest BCUT2D eigenvalue weighted by Gasteiger charge is 2.52. The minimum Gasteiger partial charge on any atom is -0.478 e. The molecule has 1 aromatic rings. The predicted octanol–water partition coefficient (Wildman–Crippen LogP) is 6.02. The van der Waals surface area contributed by atoms with Gasteiger partial charge in [-0.2, -0.15) is 0 Å². The van der Waals surface area contributed by atoms with E-state index in [4.69, 9.17) is 5.11 Å². The molecule has 0 aromatic heterocycles. The first-order valence-electron chi connectivity index (χ1n) is 11.1. The van der Waals surface area contributed by atoms with E-state index in [2.05, 4.69) is 37.3 Å². The highest BCUT2D eigenvalue weighted by atomic mass is 16.4. The van der Waals surface area contributed by atoms with E-state index in [9.17, 15) is 4.79 Å². The van der Waals surface area contributed by atoms with Crippen LogP contribution in [0.3, 0.4) is 0 Å². The van der Waals surface area contributed by atoms with Crippen molar-refractivity contribution in [1.29, 1.82) is 0 Å². The summed E-state index contributed by atoms with van der Waals surface area (Å²) in [7, 11) is 0. The summed E-state index contributed by atoms with van der Waals surface area (Å²) in [4.78, 5) is 10.8. The maximum absolute atomic E-state index is 10.8. The summed E-state index contributed by atoms with van der Waals surface area (Å²) < 4.78 is 0. The number of allylic oxidation sites excluding steroid dienone is 3. The molecule has 0 radical (unpaired) electrons. The monoisotopic (exact) mass is 376 g/mol. The van der Waals surface area contributed by atoms with Crippen molar-refractivity contribution < 1.29 is 9.90 Å². The van der Waals surface area contributed by atoms with Crippen molar-refractivity contribution in [2.24, 2.45) is 23.7 Å². The van der Waals surface area contributed by atoms with E-state index in [-0.39, 0.29) is 5.41 Å². The molecule has 28 heavy (non-hydrogen) atoms. The first-order chi connectivity index (χ1) is 13.4. The molecule has 0 amide bonds. The normalized spacial score (nSPS) is 41.6. The molecule has 2 heteroatoms. The van der Waals surface area contributed by atoms with Gasteiger partial charge in [-0.15, -0.1) is 0 Å². The molecule has 6 rings (SSSR count). The van der Waals surface area contributed by atoms with Gasteiger partial charge in [-0.1, -0.05) is 43.3 Å². The van der Waals surface area contributed by atoms with E-state index in [1.165, 1.54) is 50.2 Å². The second kappa shape index (κ2) is 6.34. The second-order valence-electron chi connectivity index (χ2n) is 10.6. The van der Waals surface area contributed by atoms with Gasteiger partial charge in [0.05, 0.1) is 0 Å². The van der Waals surface area contributed by atoms with Gasteiger partial charge < -0.3 is 5.11 Å². The summed E-state index contributed by atoms with van der Waals surface area (Å²) in [6, 6.07) is 9.67. The van der Waals surface area contributed by atoms with E-state index >= 15 is 0 Å². The van der Waals surface area contributed by atoms with Gasteiger partial charge in [0.1, 0.15) is 0 Å². The first kappa shape index (κ1) is 18.2. The maximum atomic E-state index is 10.8. The zero-order valence-electron chi connectivity index (χ0n) is 17.2. The van der Waals surface area contributed by atoms with Crippen LogP contribution in [0.5, 0.6) is 0 Å². The van der Waals surface area contributed by atoms with Crippen molar-refractivity contribution in [2.75, 3.05) is 0 Å². The van der Waals surface area contributed by atoms with Crippen LogP contribution in [-0.4, -0.2) is 11.1 Å². The maximum Gasteiger partial charge on any atom is 0.328 e. The Hall–Kier alpha value is -1.83. The van der Waals surface area contributed by atoms with Crippen LogP contribution in [0.2, 0.25) is 0 Å². The molecule has 0 heterocycles. The number of rotatable bonds is 5. The van der Waals surface area contributed by atoms with Crippen LogP contribution in [0.4, 0.5) is 0 Å². The topological polar surface area (TPSA) is 37.3 Å². The van der Waals surface area contributed by atoms with Crippen molar-refractivity contribution in [2.45, 2.75) is 69.6 Å². The third-order valence-corrected chi connectivity index (χ3v) is 8.44. The Morgan fingerprint density at radius 3 is 2.04 bits per heavy atom. The lowest BCUT2D eigenvalue weighted by molar-refractivity contribution is -0.131. The molecular formula is C26H32O2. The van der Waals surface area contributed by atoms with Crippen molar-refractivity contribution in [3.8, 4) is 0 Å². The van der Waals surface area contributed by atoms with Gasteiger partial charge in [-0.05, 0) is 103 Å². The van der Waals surface area contributed by atoms with Gasteiger partial charge in [0, 0.05) is 6.08 Å². The molecule has 1 N–H and O–H groups in total. The summed E-state index contributed by atoms with van der Waals surface area (Å²) in [5.74, 6) is 2.60. The van der Waals surface area contributed by atoms with E-state index in [1.807, 2.05) is 13.0 Å². The van der Waals surface area contributed by atoms with Gasteiger partial charge >= 0.3 is 5.97 Å². The number of aliphatic carboxylic acids is 1. The quantitative estimate of drug-likeness (QED) is 0.504. The Labute approximate surface area is 168 Å². The Kier molecular flexibility index (Phi) is 4.12. The van der Waals surface area contributed by atoms with Crippen molar-refractivity contribution in [1.82, 2.24) is 0 Å². The lowest BCUT2D eigenvalue weighted by Crippen LogP contribution is -2.48. The SMILES string of the molecule is CC(/C=C/[C@@H]1C[C@]1(C)c1ccc(C23CC4CC(CC(C4)C2)C3)cc1)=C\C(=O)O. The number of carboxylic acids is 1. The predicted molar refractivity (Wildman–Crippen MR) is 112 cm³/mol. The summed E-state index contributed by atoms with van der Waals surface area (Å²) in [6.45, 7) is 4.20. The van der Waals surface area contributed by atoms with Crippen molar-refractivity contribution in [3.63, 3.8) is 0 Å². The molecule has 0 spiro atoms. The van der Waals surface area contributed by atoms with Crippen LogP contribution in [0, 0.1) is 23.7 Å². The standard InChI is InChI=1S/C26H32O2/c1-17(9-24(27)28)3-4-23-16-25(23,2)21-5-7-22(8-6-21)26-13-18-10-19(14-26)12-20(11-18)15-26/h3-9,18-20,23H,10-16H2,1-2H3,(H,27,28)/b4-3+,17-9+/t18?,19?,20?,23-,25-,26?/m1/s1. The molecule has 0 aliphatic heterocycles. The minimum absolute atomic E-state index is 0.208. The number of benzene rings is 1. The van der Waals surface area contributed by atoms with E-state index < -0.39 is 5.97 Å².